The number of nitrogens with zero attached hydrogens (tertiary/aromatic N) is 2. The molecule has 0 aliphatic carbocycles. The summed E-state index contributed by atoms with van der Waals surface area (Å²) in [6.45, 7) is 1.87. The Balaban J connectivity index is 1.60. The first-order valence-electron chi connectivity index (χ1n) is 10.2. The number of nitro groups is 1. The summed E-state index contributed by atoms with van der Waals surface area (Å²) in [5.74, 6) is -0.983. The van der Waals surface area contributed by atoms with Crippen LogP contribution in [0.5, 0.6) is 11.5 Å². The lowest BCUT2D eigenvalue weighted by Crippen LogP contribution is -2.09. The predicted octanol–water partition coefficient (Wildman–Crippen LogP) is 5.13. The number of cyclic esters (lactones) is 1. The maximum atomic E-state index is 12.5. The summed E-state index contributed by atoms with van der Waals surface area (Å²) in [4.78, 5) is 39.5. The predicted molar refractivity (Wildman–Crippen MR) is 128 cm³/mol. The average Bonchev–Trinajstić information content (AvgIpc) is 3.19. The van der Waals surface area contributed by atoms with Crippen LogP contribution in [-0.4, -0.2) is 29.9 Å². The number of ether oxygens (including phenoxy) is 3. The van der Waals surface area contributed by atoms with Gasteiger partial charge in [0, 0.05) is 12.1 Å². The van der Waals surface area contributed by atoms with E-state index in [1.807, 2.05) is 13.0 Å². The number of aliphatic imine (C=N–C) groups is 1. The van der Waals surface area contributed by atoms with Crippen molar-refractivity contribution in [2.75, 3.05) is 7.11 Å². The summed E-state index contributed by atoms with van der Waals surface area (Å²) in [5.41, 5.74) is 1.68. The largest absolute Gasteiger partial charge is 0.493 e. The summed E-state index contributed by atoms with van der Waals surface area (Å²) in [7, 11) is 1.42. The van der Waals surface area contributed by atoms with E-state index in [1.54, 1.807) is 30.3 Å². The van der Waals surface area contributed by atoms with Gasteiger partial charge < -0.3 is 14.2 Å². The number of rotatable bonds is 6. The van der Waals surface area contributed by atoms with Gasteiger partial charge in [0.25, 0.3) is 5.69 Å². The average molecular weight is 493 g/mol. The number of non-ortho nitro benzene ring substituents is 1. The Morgan fingerprint density at radius 2 is 1.91 bits per heavy atom. The topological polar surface area (TPSA) is 117 Å². The molecule has 0 radical (unpaired) electrons. The van der Waals surface area contributed by atoms with Crippen LogP contribution in [0.25, 0.3) is 6.08 Å². The molecule has 9 nitrogen and oxygen atoms in total. The zero-order valence-corrected chi connectivity index (χ0v) is 19.2. The zero-order valence-electron chi connectivity index (χ0n) is 18.5. The normalized spacial score (nSPS) is 13.9. The third-order valence-electron chi connectivity index (χ3n) is 4.96. The molecular weight excluding hydrogens is 476 g/mol. The van der Waals surface area contributed by atoms with E-state index in [0.717, 1.165) is 5.56 Å². The fourth-order valence-electron chi connectivity index (χ4n) is 3.26. The smallest absolute Gasteiger partial charge is 0.363 e. The highest BCUT2D eigenvalue weighted by Gasteiger charge is 2.27. The second kappa shape index (κ2) is 9.78. The van der Waals surface area contributed by atoms with Crippen molar-refractivity contribution >= 4 is 41.2 Å². The van der Waals surface area contributed by atoms with Gasteiger partial charge in [-0.25, -0.2) is 14.6 Å². The molecule has 1 heterocycles. The van der Waals surface area contributed by atoms with Crippen LogP contribution in [0, 0.1) is 17.0 Å². The molecule has 176 valence electrons. The Hall–Kier alpha value is -4.50. The van der Waals surface area contributed by atoms with Gasteiger partial charge in [-0.15, -0.1) is 0 Å². The second-order valence-electron chi connectivity index (χ2n) is 7.43. The van der Waals surface area contributed by atoms with Gasteiger partial charge in [-0.2, -0.15) is 0 Å². The Bertz CT molecular complexity index is 1430. The minimum absolute atomic E-state index is 0.0471. The molecule has 3 aromatic rings. The van der Waals surface area contributed by atoms with Crippen LogP contribution in [0.1, 0.15) is 27.0 Å². The van der Waals surface area contributed by atoms with Gasteiger partial charge in [0.1, 0.15) is 0 Å². The maximum Gasteiger partial charge on any atom is 0.363 e. The Morgan fingerprint density at radius 3 is 2.63 bits per heavy atom. The molecule has 0 spiro atoms. The van der Waals surface area contributed by atoms with Gasteiger partial charge in [-0.3, -0.25) is 10.1 Å². The third kappa shape index (κ3) is 5.20. The van der Waals surface area contributed by atoms with E-state index in [4.69, 9.17) is 25.8 Å². The van der Waals surface area contributed by atoms with Crippen LogP contribution in [0.3, 0.4) is 0 Å². The lowest BCUT2D eigenvalue weighted by molar-refractivity contribution is -0.384. The lowest BCUT2D eigenvalue weighted by Gasteiger charge is -2.10. The van der Waals surface area contributed by atoms with Crippen molar-refractivity contribution in [1.29, 1.82) is 0 Å². The zero-order chi connectivity index (χ0) is 25.1. The van der Waals surface area contributed by atoms with E-state index >= 15 is 0 Å². The first-order valence-corrected chi connectivity index (χ1v) is 10.6. The van der Waals surface area contributed by atoms with Crippen molar-refractivity contribution in [3.63, 3.8) is 0 Å². The van der Waals surface area contributed by atoms with Gasteiger partial charge >= 0.3 is 11.9 Å². The first kappa shape index (κ1) is 23.7. The summed E-state index contributed by atoms with van der Waals surface area (Å²) in [6.07, 6.45) is 1.44. The van der Waals surface area contributed by atoms with Crippen LogP contribution in [0.15, 0.2) is 71.4 Å². The molecule has 0 amide bonds. The number of aryl methyl sites for hydroxylation is 1. The highest BCUT2D eigenvalue weighted by molar-refractivity contribution is 6.34. The summed E-state index contributed by atoms with van der Waals surface area (Å²) in [5, 5.41) is 11.2. The third-order valence-corrected chi connectivity index (χ3v) is 5.29. The van der Waals surface area contributed by atoms with Crippen LogP contribution in [-0.2, 0) is 9.53 Å². The Labute approximate surface area is 204 Å². The summed E-state index contributed by atoms with van der Waals surface area (Å²) in [6, 6.07) is 15.4. The first-order chi connectivity index (χ1) is 16.7. The standard InChI is InChI=1S/C25H17ClN2O7/c1-14-4-3-5-16(10-14)24(29)34-21-9-6-15(12-22(21)33-2)11-20-25(30)35-23(27-20)18-13-17(28(31)32)7-8-19(18)26/h3-13H,1-2H3/b20-11-. The highest BCUT2D eigenvalue weighted by Crippen LogP contribution is 2.31. The Kier molecular flexibility index (Phi) is 6.61. The van der Waals surface area contributed by atoms with E-state index in [0.29, 0.717) is 11.1 Å². The van der Waals surface area contributed by atoms with E-state index < -0.39 is 16.9 Å². The number of carbonyl (C=O) groups excluding carboxylic acids is 2. The fraction of sp³-hybridized carbons (Fsp3) is 0.0800. The highest BCUT2D eigenvalue weighted by atomic mass is 35.5. The number of carbonyl (C=O) groups is 2. The molecule has 0 saturated heterocycles. The van der Waals surface area contributed by atoms with Crippen molar-refractivity contribution in [2.24, 2.45) is 4.99 Å². The number of methoxy groups -OCH3 is 1. The minimum atomic E-state index is -0.753. The molecule has 0 fully saturated rings. The fourth-order valence-corrected chi connectivity index (χ4v) is 3.46. The van der Waals surface area contributed by atoms with Gasteiger partial charge in [-0.05, 0) is 48.9 Å². The molecular formula is C25H17ClN2O7. The number of nitro benzene ring substituents is 1. The van der Waals surface area contributed by atoms with Crippen molar-refractivity contribution in [3.8, 4) is 11.5 Å². The maximum absolute atomic E-state index is 12.5. The van der Waals surface area contributed by atoms with Crippen molar-refractivity contribution in [3.05, 3.63) is 104 Å². The van der Waals surface area contributed by atoms with Crippen LogP contribution < -0.4 is 9.47 Å². The molecule has 4 rings (SSSR count). The van der Waals surface area contributed by atoms with E-state index in [-0.39, 0.29) is 39.4 Å². The number of esters is 2. The van der Waals surface area contributed by atoms with E-state index in [9.17, 15) is 19.7 Å². The quantitative estimate of drug-likeness (QED) is 0.154. The molecule has 0 unspecified atom stereocenters. The molecule has 1 aliphatic rings. The minimum Gasteiger partial charge on any atom is -0.493 e. The number of hydrogen-bond acceptors (Lipinski definition) is 8. The van der Waals surface area contributed by atoms with Gasteiger partial charge in [-0.1, -0.05) is 35.4 Å². The summed E-state index contributed by atoms with van der Waals surface area (Å²) < 4.78 is 16.0. The van der Waals surface area contributed by atoms with Crippen LogP contribution >= 0.6 is 11.6 Å². The van der Waals surface area contributed by atoms with Crippen LogP contribution in [0.2, 0.25) is 5.02 Å². The van der Waals surface area contributed by atoms with Gasteiger partial charge in [0.15, 0.2) is 17.2 Å². The molecule has 35 heavy (non-hydrogen) atoms. The number of hydrogen-bond donors (Lipinski definition) is 0. The molecule has 0 saturated carbocycles. The second-order valence-corrected chi connectivity index (χ2v) is 7.83. The van der Waals surface area contributed by atoms with Gasteiger partial charge in [0.05, 0.1) is 28.2 Å². The monoisotopic (exact) mass is 492 g/mol. The van der Waals surface area contributed by atoms with Crippen LogP contribution in [0.4, 0.5) is 5.69 Å². The Morgan fingerprint density at radius 1 is 1.11 bits per heavy atom. The van der Waals surface area contributed by atoms with E-state index in [2.05, 4.69) is 4.99 Å². The van der Waals surface area contributed by atoms with E-state index in [1.165, 1.54) is 37.5 Å². The molecule has 0 bridgehead atoms. The molecule has 1 aliphatic heterocycles. The van der Waals surface area contributed by atoms with Crippen molar-refractivity contribution in [1.82, 2.24) is 0 Å². The molecule has 3 aromatic carbocycles. The number of benzene rings is 3. The molecule has 10 heteroatoms. The molecule has 0 aromatic heterocycles. The lowest BCUT2D eigenvalue weighted by atomic mass is 10.1. The molecule has 0 atom stereocenters. The van der Waals surface area contributed by atoms with Crippen molar-refractivity contribution < 1.29 is 28.7 Å². The SMILES string of the molecule is COc1cc(/C=C2\N=C(c3cc([N+](=O)[O-])ccc3Cl)OC2=O)ccc1OC(=O)c1cccc(C)c1. The van der Waals surface area contributed by atoms with Gasteiger partial charge in [0.2, 0.25) is 5.90 Å². The summed E-state index contributed by atoms with van der Waals surface area (Å²) >= 11 is 6.12. The molecule has 0 N–H and O–H groups in total. The van der Waals surface area contributed by atoms with Crippen molar-refractivity contribution in [2.45, 2.75) is 6.92 Å². The number of halogens is 1.